The summed E-state index contributed by atoms with van der Waals surface area (Å²) in [7, 11) is 1.81. The summed E-state index contributed by atoms with van der Waals surface area (Å²) in [6.45, 7) is 3.55. The van der Waals surface area contributed by atoms with Crippen molar-refractivity contribution in [3.05, 3.63) is 18.8 Å². The molecule has 0 fully saturated rings. The monoisotopic (exact) mass is 96.1 g/mol. The third-order valence-electron chi connectivity index (χ3n) is 0.650. The lowest BCUT2D eigenvalue weighted by Crippen LogP contribution is -1.85. The molecular weight excluding hydrogens is 90.1 g/mol. The molecular formula is C4H6N3. The van der Waals surface area contributed by atoms with Crippen molar-refractivity contribution in [2.45, 2.75) is 0 Å². The summed E-state index contributed by atoms with van der Waals surface area (Å²) in [6, 6.07) is 0. The SMILES string of the molecule is [CH2]c1cn(C)nn1. The summed E-state index contributed by atoms with van der Waals surface area (Å²) in [4.78, 5) is 0. The van der Waals surface area contributed by atoms with Crippen molar-refractivity contribution in [2.24, 2.45) is 7.05 Å². The van der Waals surface area contributed by atoms with Gasteiger partial charge in [0.05, 0.1) is 5.69 Å². The van der Waals surface area contributed by atoms with E-state index in [1.54, 1.807) is 10.9 Å². The van der Waals surface area contributed by atoms with Crippen LogP contribution in [0.2, 0.25) is 0 Å². The molecule has 0 aliphatic heterocycles. The van der Waals surface area contributed by atoms with Gasteiger partial charge in [0.1, 0.15) is 0 Å². The maximum Gasteiger partial charge on any atom is 0.0830 e. The Morgan fingerprint density at radius 2 is 2.57 bits per heavy atom. The largest absolute Gasteiger partial charge is 0.255 e. The van der Waals surface area contributed by atoms with Gasteiger partial charge in [0.2, 0.25) is 0 Å². The van der Waals surface area contributed by atoms with Gasteiger partial charge >= 0.3 is 0 Å². The van der Waals surface area contributed by atoms with Crippen LogP contribution < -0.4 is 0 Å². The van der Waals surface area contributed by atoms with Crippen LogP contribution in [0.1, 0.15) is 5.69 Å². The number of hydrogen-bond donors (Lipinski definition) is 0. The Hall–Kier alpha value is -0.860. The molecule has 0 unspecified atom stereocenters. The summed E-state index contributed by atoms with van der Waals surface area (Å²) in [5.74, 6) is 0. The van der Waals surface area contributed by atoms with Crippen molar-refractivity contribution in [2.75, 3.05) is 0 Å². The Bertz CT molecular complexity index is 139. The van der Waals surface area contributed by atoms with Gasteiger partial charge in [-0.2, -0.15) is 0 Å². The molecule has 7 heavy (non-hydrogen) atoms. The predicted octanol–water partition coefficient (Wildman–Crippen LogP) is -0.00271. The molecule has 0 bridgehead atoms. The maximum absolute atomic E-state index is 3.62. The molecule has 37 valence electrons. The summed E-state index contributed by atoms with van der Waals surface area (Å²) in [5, 5.41) is 7.24. The first-order chi connectivity index (χ1) is 3.29. The van der Waals surface area contributed by atoms with Crippen LogP contribution in [0.5, 0.6) is 0 Å². The number of rotatable bonds is 0. The highest BCUT2D eigenvalue weighted by Gasteiger charge is 1.83. The van der Waals surface area contributed by atoms with E-state index in [-0.39, 0.29) is 0 Å². The Balaban J connectivity index is 3.04. The lowest BCUT2D eigenvalue weighted by molar-refractivity contribution is 0.714. The molecule has 0 amide bonds. The predicted molar refractivity (Wildman–Crippen MR) is 25.5 cm³/mol. The molecule has 1 heterocycles. The fraction of sp³-hybridized carbons (Fsp3) is 0.250. The van der Waals surface area contributed by atoms with Gasteiger partial charge in [-0.3, -0.25) is 4.68 Å². The summed E-state index contributed by atoms with van der Waals surface area (Å²) in [5.41, 5.74) is 0.711. The van der Waals surface area contributed by atoms with E-state index in [0.29, 0.717) is 5.69 Å². The molecule has 0 saturated heterocycles. The van der Waals surface area contributed by atoms with Crippen LogP contribution >= 0.6 is 0 Å². The summed E-state index contributed by atoms with van der Waals surface area (Å²) >= 11 is 0. The number of nitrogens with zero attached hydrogens (tertiary/aromatic N) is 3. The van der Waals surface area contributed by atoms with Gasteiger partial charge < -0.3 is 0 Å². The van der Waals surface area contributed by atoms with Crippen LogP contribution in [0.15, 0.2) is 6.20 Å². The van der Waals surface area contributed by atoms with Gasteiger partial charge in [-0.15, -0.1) is 5.10 Å². The van der Waals surface area contributed by atoms with E-state index in [2.05, 4.69) is 17.2 Å². The molecule has 0 atom stereocenters. The normalized spacial score (nSPS) is 9.43. The summed E-state index contributed by atoms with van der Waals surface area (Å²) < 4.78 is 1.61. The lowest BCUT2D eigenvalue weighted by atomic mass is 10.6. The van der Waals surface area contributed by atoms with Crippen LogP contribution in [0.4, 0.5) is 0 Å². The standard InChI is InChI=1S/C4H6N3/c1-4-3-7(2)6-5-4/h3H,1H2,2H3. The zero-order valence-electron chi connectivity index (χ0n) is 4.13. The highest BCUT2D eigenvalue weighted by atomic mass is 15.4. The minimum absolute atomic E-state index is 0.711. The second-order valence-electron chi connectivity index (χ2n) is 1.38. The Morgan fingerprint density at radius 1 is 1.86 bits per heavy atom. The third-order valence-corrected chi connectivity index (χ3v) is 0.650. The molecule has 1 radical (unpaired) electrons. The van der Waals surface area contributed by atoms with Crippen molar-refractivity contribution in [3.8, 4) is 0 Å². The van der Waals surface area contributed by atoms with E-state index in [1.807, 2.05) is 7.05 Å². The van der Waals surface area contributed by atoms with E-state index in [4.69, 9.17) is 0 Å². The minimum atomic E-state index is 0.711. The van der Waals surface area contributed by atoms with Crippen LogP contribution in [-0.4, -0.2) is 15.0 Å². The van der Waals surface area contributed by atoms with Crippen molar-refractivity contribution < 1.29 is 0 Å². The molecule has 1 aromatic rings. The average molecular weight is 96.1 g/mol. The minimum Gasteiger partial charge on any atom is -0.255 e. The molecule has 3 nitrogen and oxygen atoms in total. The van der Waals surface area contributed by atoms with Crippen molar-refractivity contribution in [3.63, 3.8) is 0 Å². The van der Waals surface area contributed by atoms with Gasteiger partial charge in [-0.05, 0) is 6.92 Å². The smallest absolute Gasteiger partial charge is 0.0830 e. The number of hydrogen-bond acceptors (Lipinski definition) is 2. The maximum atomic E-state index is 3.62. The van der Waals surface area contributed by atoms with Crippen LogP contribution in [0, 0.1) is 6.92 Å². The Morgan fingerprint density at radius 3 is 2.71 bits per heavy atom. The molecule has 0 aliphatic rings. The van der Waals surface area contributed by atoms with Gasteiger partial charge in [-0.1, -0.05) is 5.21 Å². The van der Waals surface area contributed by atoms with Crippen LogP contribution in [-0.2, 0) is 7.05 Å². The Labute approximate surface area is 42.0 Å². The van der Waals surface area contributed by atoms with Gasteiger partial charge in [0.25, 0.3) is 0 Å². The van der Waals surface area contributed by atoms with E-state index < -0.39 is 0 Å². The zero-order valence-corrected chi connectivity index (χ0v) is 4.13. The van der Waals surface area contributed by atoms with E-state index in [9.17, 15) is 0 Å². The van der Waals surface area contributed by atoms with Crippen molar-refractivity contribution >= 4 is 0 Å². The highest BCUT2D eigenvalue weighted by molar-refractivity contribution is 4.94. The van der Waals surface area contributed by atoms with Gasteiger partial charge in [-0.25, -0.2) is 0 Å². The quantitative estimate of drug-likeness (QED) is 0.455. The topological polar surface area (TPSA) is 30.7 Å². The molecule has 0 aromatic carbocycles. The highest BCUT2D eigenvalue weighted by Crippen LogP contribution is 1.82. The molecule has 0 spiro atoms. The van der Waals surface area contributed by atoms with E-state index in [0.717, 1.165) is 0 Å². The molecule has 3 heteroatoms. The molecule has 1 rings (SSSR count). The van der Waals surface area contributed by atoms with E-state index >= 15 is 0 Å². The number of aromatic nitrogens is 3. The Kier molecular flexibility index (Phi) is 0.817. The average Bonchev–Trinajstić information content (AvgIpc) is 1.87. The third kappa shape index (κ3) is 0.765. The molecule has 0 saturated carbocycles. The summed E-state index contributed by atoms with van der Waals surface area (Å²) in [6.07, 6.45) is 1.75. The number of aryl methyl sites for hydroxylation is 1. The molecule has 0 aliphatic carbocycles. The van der Waals surface area contributed by atoms with Crippen LogP contribution in [0.3, 0.4) is 0 Å². The van der Waals surface area contributed by atoms with Gasteiger partial charge in [0, 0.05) is 13.2 Å². The van der Waals surface area contributed by atoms with Crippen LogP contribution in [0.25, 0.3) is 0 Å². The fourth-order valence-electron chi connectivity index (χ4n) is 0.395. The first kappa shape index (κ1) is 4.30. The lowest BCUT2D eigenvalue weighted by Gasteiger charge is -1.75. The van der Waals surface area contributed by atoms with Crippen molar-refractivity contribution in [1.82, 2.24) is 15.0 Å². The second-order valence-corrected chi connectivity index (χ2v) is 1.38. The second kappa shape index (κ2) is 1.33. The van der Waals surface area contributed by atoms with Gasteiger partial charge in [0.15, 0.2) is 0 Å². The first-order valence-corrected chi connectivity index (χ1v) is 1.97. The van der Waals surface area contributed by atoms with Crippen molar-refractivity contribution in [1.29, 1.82) is 0 Å². The zero-order chi connectivity index (χ0) is 5.28. The van der Waals surface area contributed by atoms with E-state index in [1.165, 1.54) is 0 Å². The fourth-order valence-corrected chi connectivity index (χ4v) is 0.395. The molecule has 1 aromatic heterocycles. The molecule has 0 N–H and O–H groups in total. The first-order valence-electron chi connectivity index (χ1n) is 1.97.